The average molecular weight is 258 g/mol. The van der Waals surface area contributed by atoms with Gasteiger partial charge in [0.2, 0.25) is 0 Å². The highest BCUT2D eigenvalue weighted by Crippen LogP contribution is 2.16. The molecule has 0 spiro atoms. The predicted octanol–water partition coefficient (Wildman–Crippen LogP) is 5.40. The Morgan fingerprint density at radius 2 is 1.42 bits per heavy atom. The van der Waals surface area contributed by atoms with Crippen LogP contribution in [0.1, 0.15) is 43.9 Å². The SMILES string of the molecule is CC.CCCc1ccccc1Cc1ccc(F)cc1. The molecule has 1 heteroatoms. The van der Waals surface area contributed by atoms with Crippen LogP contribution < -0.4 is 0 Å². The molecule has 0 heterocycles. The molecule has 0 aliphatic rings. The smallest absolute Gasteiger partial charge is 0.123 e. The summed E-state index contributed by atoms with van der Waals surface area (Å²) in [6, 6.07) is 15.3. The number of hydrogen-bond acceptors (Lipinski definition) is 0. The van der Waals surface area contributed by atoms with Crippen molar-refractivity contribution in [2.75, 3.05) is 0 Å². The van der Waals surface area contributed by atoms with Crippen LogP contribution in [0, 0.1) is 5.82 Å². The Labute approximate surface area is 116 Å². The lowest BCUT2D eigenvalue weighted by Crippen LogP contribution is -1.95. The molecule has 0 amide bonds. The molecule has 0 saturated carbocycles. The normalized spacial score (nSPS) is 9.68. The van der Waals surface area contributed by atoms with Crippen molar-refractivity contribution in [3.05, 3.63) is 71.0 Å². The number of hydrogen-bond donors (Lipinski definition) is 0. The van der Waals surface area contributed by atoms with Gasteiger partial charge in [-0.25, -0.2) is 4.39 Å². The van der Waals surface area contributed by atoms with Gasteiger partial charge in [0.15, 0.2) is 0 Å². The van der Waals surface area contributed by atoms with Crippen LogP contribution in [0.25, 0.3) is 0 Å². The summed E-state index contributed by atoms with van der Waals surface area (Å²) in [5.41, 5.74) is 3.91. The summed E-state index contributed by atoms with van der Waals surface area (Å²) >= 11 is 0. The molecule has 19 heavy (non-hydrogen) atoms. The fraction of sp³-hybridized carbons (Fsp3) is 0.333. The summed E-state index contributed by atoms with van der Waals surface area (Å²) in [5.74, 6) is -0.171. The summed E-state index contributed by atoms with van der Waals surface area (Å²) in [6.07, 6.45) is 3.15. The van der Waals surface area contributed by atoms with E-state index in [-0.39, 0.29) is 5.82 Å². The summed E-state index contributed by atoms with van der Waals surface area (Å²) in [6.45, 7) is 6.19. The van der Waals surface area contributed by atoms with Gasteiger partial charge in [-0.1, -0.05) is 63.6 Å². The van der Waals surface area contributed by atoms with Crippen LogP contribution in [0.2, 0.25) is 0 Å². The second-order valence-corrected chi connectivity index (χ2v) is 4.32. The molecule has 0 aromatic heterocycles. The molecule has 0 unspecified atom stereocenters. The van der Waals surface area contributed by atoms with Crippen LogP contribution in [-0.4, -0.2) is 0 Å². The van der Waals surface area contributed by atoms with E-state index in [4.69, 9.17) is 0 Å². The van der Waals surface area contributed by atoms with Crippen LogP contribution in [0.15, 0.2) is 48.5 Å². The van der Waals surface area contributed by atoms with Gasteiger partial charge < -0.3 is 0 Å². The maximum atomic E-state index is 12.8. The molecule has 0 bridgehead atoms. The van der Waals surface area contributed by atoms with E-state index in [0.717, 1.165) is 24.8 Å². The highest BCUT2D eigenvalue weighted by molar-refractivity contribution is 5.32. The molecule has 0 radical (unpaired) electrons. The maximum Gasteiger partial charge on any atom is 0.123 e. The Morgan fingerprint density at radius 3 is 2.00 bits per heavy atom. The molecule has 2 aromatic rings. The van der Waals surface area contributed by atoms with E-state index in [1.54, 1.807) is 0 Å². The maximum absolute atomic E-state index is 12.8. The zero-order valence-electron chi connectivity index (χ0n) is 12.1. The highest BCUT2D eigenvalue weighted by atomic mass is 19.1. The van der Waals surface area contributed by atoms with E-state index in [9.17, 15) is 4.39 Å². The van der Waals surface area contributed by atoms with Crippen molar-refractivity contribution >= 4 is 0 Å². The Kier molecular flexibility index (Phi) is 6.88. The van der Waals surface area contributed by atoms with E-state index in [1.165, 1.54) is 23.3 Å². The Bertz CT molecular complexity index is 471. The summed E-state index contributed by atoms with van der Waals surface area (Å²) in [7, 11) is 0. The van der Waals surface area contributed by atoms with Gasteiger partial charge in [0.05, 0.1) is 0 Å². The first-order valence-electron chi connectivity index (χ1n) is 7.11. The first kappa shape index (κ1) is 15.4. The molecule has 0 fully saturated rings. The van der Waals surface area contributed by atoms with Gasteiger partial charge in [0.25, 0.3) is 0 Å². The first-order valence-corrected chi connectivity index (χ1v) is 7.11. The van der Waals surface area contributed by atoms with Crippen LogP contribution in [0.4, 0.5) is 4.39 Å². The second-order valence-electron chi connectivity index (χ2n) is 4.32. The zero-order valence-corrected chi connectivity index (χ0v) is 12.1. The molecule has 2 rings (SSSR count). The van der Waals surface area contributed by atoms with Gasteiger partial charge >= 0.3 is 0 Å². The summed E-state index contributed by atoms with van der Waals surface area (Å²) < 4.78 is 12.8. The quantitative estimate of drug-likeness (QED) is 0.689. The summed E-state index contributed by atoms with van der Waals surface area (Å²) in [5, 5.41) is 0. The predicted molar refractivity (Wildman–Crippen MR) is 81.0 cm³/mol. The van der Waals surface area contributed by atoms with Crippen molar-refractivity contribution in [1.29, 1.82) is 0 Å². The number of rotatable bonds is 4. The largest absolute Gasteiger partial charge is 0.207 e. The van der Waals surface area contributed by atoms with Crippen molar-refractivity contribution in [2.24, 2.45) is 0 Å². The highest BCUT2D eigenvalue weighted by Gasteiger charge is 2.02. The van der Waals surface area contributed by atoms with Gasteiger partial charge in [-0.3, -0.25) is 0 Å². The molecule has 2 aromatic carbocycles. The van der Waals surface area contributed by atoms with Crippen molar-refractivity contribution < 1.29 is 4.39 Å². The third-order valence-corrected chi connectivity index (χ3v) is 2.95. The molecular weight excluding hydrogens is 235 g/mol. The van der Waals surface area contributed by atoms with Crippen molar-refractivity contribution in [3.8, 4) is 0 Å². The number of aryl methyl sites for hydroxylation is 1. The minimum Gasteiger partial charge on any atom is -0.207 e. The van der Waals surface area contributed by atoms with E-state index in [0.29, 0.717) is 0 Å². The van der Waals surface area contributed by atoms with Crippen LogP contribution in [0.3, 0.4) is 0 Å². The standard InChI is InChI=1S/C16H17F.C2H6/c1-2-5-14-6-3-4-7-15(14)12-13-8-10-16(17)11-9-13;1-2/h3-4,6-11H,2,5,12H2,1H3;1-2H3. The third-order valence-electron chi connectivity index (χ3n) is 2.95. The van der Waals surface area contributed by atoms with Crippen LogP contribution in [0.5, 0.6) is 0 Å². The van der Waals surface area contributed by atoms with E-state index in [1.807, 2.05) is 26.0 Å². The zero-order chi connectivity index (χ0) is 14.1. The molecular formula is C18H23F. The molecule has 0 atom stereocenters. The molecule has 0 N–H and O–H groups in total. The van der Waals surface area contributed by atoms with Crippen LogP contribution in [-0.2, 0) is 12.8 Å². The lowest BCUT2D eigenvalue weighted by molar-refractivity contribution is 0.627. The van der Waals surface area contributed by atoms with Gasteiger partial charge in [-0.05, 0) is 41.7 Å². The number of benzene rings is 2. The van der Waals surface area contributed by atoms with E-state index < -0.39 is 0 Å². The fourth-order valence-corrected chi connectivity index (χ4v) is 2.07. The van der Waals surface area contributed by atoms with Crippen molar-refractivity contribution in [3.63, 3.8) is 0 Å². The molecule has 0 aliphatic heterocycles. The van der Waals surface area contributed by atoms with Gasteiger partial charge in [-0.2, -0.15) is 0 Å². The molecule has 0 aliphatic carbocycles. The van der Waals surface area contributed by atoms with Gasteiger partial charge in [0, 0.05) is 0 Å². The molecule has 102 valence electrons. The van der Waals surface area contributed by atoms with E-state index >= 15 is 0 Å². The molecule has 0 nitrogen and oxygen atoms in total. The van der Waals surface area contributed by atoms with Gasteiger partial charge in [-0.15, -0.1) is 0 Å². The van der Waals surface area contributed by atoms with Gasteiger partial charge in [0.1, 0.15) is 5.82 Å². The Balaban J connectivity index is 0.000000861. The topological polar surface area (TPSA) is 0 Å². The minimum absolute atomic E-state index is 0.171. The number of halogens is 1. The fourth-order valence-electron chi connectivity index (χ4n) is 2.07. The Hall–Kier alpha value is -1.63. The third kappa shape index (κ3) is 4.86. The first-order chi connectivity index (χ1) is 9.29. The van der Waals surface area contributed by atoms with Crippen molar-refractivity contribution in [1.82, 2.24) is 0 Å². The lowest BCUT2D eigenvalue weighted by atomic mass is 9.97. The average Bonchev–Trinajstić information content (AvgIpc) is 2.46. The second kappa shape index (κ2) is 8.47. The van der Waals surface area contributed by atoms with E-state index in [2.05, 4.69) is 31.2 Å². The van der Waals surface area contributed by atoms with Crippen molar-refractivity contribution in [2.45, 2.75) is 40.0 Å². The van der Waals surface area contributed by atoms with Crippen LogP contribution >= 0.6 is 0 Å². The lowest BCUT2D eigenvalue weighted by Gasteiger charge is -2.08. The Morgan fingerprint density at radius 1 is 0.842 bits per heavy atom. The summed E-state index contributed by atoms with van der Waals surface area (Å²) in [4.78, 5) is 0. The monoisotopic (exact) mass is 258 g/mol. The minimum atomic E-state index is -0.171. The molecule has 0 saturated heterocycles.